The second kappa shape index (κ2) is 3.10. The minimum atomic E-state index is -0.137. The Balaban J connectivity index is 1.85. The highest BCUT2D eigenvalue weighted by Crippen LogP contribution is 2.51. The van der Waals surface area contributed by atoms with Crippen LogP contribution in [0.5, 0.6) is 0 Å². The third-order valence-corrected chi connectivity index (χ3v) is 3.96. The van der Waals surface area contributed by atoms with E-state index in [1.807, 2.05) is 6.07 Å². The van der Waals surface area contributed by atoms with Crippen LogP contribution in [0.3, 0.4) is 0 Å². The first-order chi connectivity index (χ1) is 8.33. The summed E-state index contributed by atoms with van der Waals surface area (Å²) in [5.74, 6) is 0.264. The van der Waals surface area contributed by atoms with Crippen LogP contribution >= 0.6 is 0 Å². The van der Waals surface area contributed by atoms with E-state index >= 15 is 0 Å². The van der Waals surface area contributed by atoms with Crippen molar-refractivity contribution < 1.29 is 4.39 Å². The van der Waals surface area contributed by atoms with Gasteiger partial charge in [-0.2, -0.15) is 0 Å². The number of halogens is 1. The monoisotopic (exact) mass is 225 g/mol. The number of hydrogen-bond donors (Lipinski definition) is 1. The quantitative estimate of drug-likeness (QED) is 0.722. The highest BCUT2D eigenvalue weighted by Gasteiger charge is 2.39. The van der Waals surface area contributed by atoms with Gasteiger partial charge in [0.05, 0.1) is 6.04 Å². The Kier molecular flexibility index (Phi) is 1.68. The fraction of sp³-hybridized carbons (Fsp3) is 0.200. The molecule has 1 aliphatic carbocycles. The molecule has 84 valence electrons. The Hall–Kier alpha value is -1.83. The van der Waals surface area contributed by atoms with Crippen LogP contribution in [0.2, 0.25) is 0 Å². The maximum atomic E-state index is 13.3. The summed E-state index contributed by atoms with van der Waals surface area (Å²) in [7, 11) is 0. The van der Waals surface area contributed by atoms with E-state index in [2.05, 4.69) is 29.6 Å². The lowest BCUT2D eigenvalue weighted by atomic mass is 9.96. The summed E-state index contributed by atoms with van der Waals surface area (Å²) in [4.78, 5) is 0. The van der Waals surface area contributed by atoms with Gasteiger partial charge in [0, 0.05) is 11.6 Å². The number of fused-ring (bicyclic) bond motifs is 5. The van der Waals surface area contributed by atoms with E-state index in [0.717, 1.165) is 17.7 Å². The van der Waals surface area contributed by atoms with Crippen molar-refractivity contribution in [2.45, 2.75) is 18.4 Å². The molecule has 1 N–H and O–H groups in total. The molecule has 2 aromatic carbocycles. The summed E-state index contributed by atoms with van der Waals surface area (Å²) >= 11 is 0. The van der Waals surface area contributed by atoms with E-state index < -0.39 is 0 Å². The van der Waals surface area contributed by atoms with E-state index in [-0.39, 0.29) is 5.82 Å². The molecule has 1 heterocycles. The highest BCUT2D eigenvalue weighted by atomic mass is 19.1. The van der Waals surface area contributed by atoms with Crippen molar-refractivity contribution in [3.05, 3.63) is 65.0 Å². The molecule has 0 spiro atoms. The molecule has 0 aromatic heterocycles. The minimum absolute atomic E-state index is 0.137. The van der Waals surface area contributed by atoms with Crippen molar-refractivity contribution in [1.29, 1.82) is 0 Å². The molecule has 2 heteroatoms. The maximum absolute atomic E-state index is 13.3. The molecule has 2 unspecified atom stereocenters. The summed E-state index contributed by atoms with van der Waals surface area (Å²) < 4.78 is 13.3. The van der Waals surface area contributed by atoms with Crippen LogP contribution in [0.15, 0.2) is 42.5 Å². The largest absolute Gasteiger partial charge is 0.377 e. The van der Waals surface area contributed by atoms with Gasteiger partial charge >= 0.3 is 0 Å². The molecule has 0 amide bonds. The molecule has 0 radical (unpaired) electrons. The molecular weight excluding hydrogens is 213 g/mol. The van der Waals surface area contributed by atoms with Crippen molar-refractivity contribution in [2.75, 3.05) is 5.32 Å². The van der Waals surface area contributed by atoms with Crippen LogP contribution in [-0.4, -0.2) is 0 Å². The molecule has 2 aromatic rings. The summed E-state index contributed by atoms with van der Waals surface area (Å²) in [6.07, 6.45) is 1.02. The van der Waals surface area contributed by atoms with Gasteiger partial charge in [0.1, 0.15) is 5.82 Å². The predicted octanol–water partition coefficient (Wildman–Crippen LogP) is 3.63. The topological polar surface area (TPSA) is 12.0 Å². The average Bonchev–Trinajstić information content (AvgIpc) is 2.85. The van der Waals surface area contributed by atoms with Crippen molar-refractivity contribution in [2.24, 2.45) is 0 Å². The van der Waals surface area contributed by atoms with Crippen molar-refractivity contribution in [3.8, 4) is 0 Å². The molecule has 4 rings (SSSR count). The fourth-order valence-corrected chi connectivity index (χ4v) is 3.20. The van der Waals surface area contributed by atoms with Gasteiger partial charge in [0.15, 0.2) is 0 Å². The van der Waals surface area contributed by atoms with Crippen LogP contribution < -0.4 is 5.32 Å². The highest BCUT2D eigenvalue weighted by molar-refractivity contribution is 5.64. The van der Waals surface area contributed by atoms with Gasteiger partial charge in [-0.05, 0) is 41.3 Å². The van der Waals surface area contributed by atoms with Gasteiger partial charge in [-0.15, -0.1) is 0 Å². The van der Waals surface area contributed by atoms with E-state index in [9.17, 15) is 4.39 Å². The van der Waals surface area contributed by atoms with Crippen LogP contribution in [0.1, 0.15) is 28.7 Å². The summed E-state index contributed by atoms with van der Waals surface area (Å²) in [5, 5.41) is 3.51. The average molecular weight is 225 g/mol. The zero-order chi connectivity index (χ0) is 11.4. The zero-order valence-corrected chi connectivity index (χ0v) is 9.28. The molecule has 2 atom stereocenters. The lowest BCUT2D eigenvalue weighted by molar-refractivity contribution is 0.619. The van der Waals surface area contributed by atoms with E-state index in [1.54, 1.807) is 6.07 Å². The van der Waals surface area contributed by atoms with Crippen LogP contribution in [-0.2, 0) is 6.42 Å². The molecule has 1 nitrogen and oxygen atoms in total. The van der Waals surface area contributed by atoms with E-state index in [1.165, 1.54) is 17.2 Å². The minimum Gasteiger partial charge on any atom is -0.377 e. The Morgan fingerprint density at radius 3 is 2.88 bits per heavy atom. The zero-order valence-electron chi connectivity index (χ0n) is 9.28. The number of anilines is 1. The standard InChI is InChI=1S/C15H12FN/c16-10-5-6-14-12(8-10)13-7-9-3-1-2-4-11(9)15(13)17-14/h1-6,8,13,15,17H,7H2. The van der Waals surface area contributed by atoms with E-state index in [0.29, 0.717) is 12.0 Å². The first-order valence-electron chi connectivity index (χ1n) is 5.97. The van der Waals surface area contributed by atoms with E-state index in [4.69, 9.17) is 0 Å². The Morgan fingerprint density at radius 1 is 1.06 bits per heavy atom. The summed E-state index contributed by atoms with van der Waals surface area (Å²) in [6.45, 7) is 0. The molecule has 0 bridgehead atoms. The van der Waals surface area contributed by atoms with Gasteiger partial charge < -0.3 is 5.32 Å². The SMILES string of the molecule is Fc1ccc2c(c1)C1Cc3ccccc3C1N2. The number of benzene rings is 2. The van der Waals surface area contributed by atoms with Crippen molar-refractivity contribution in [3.63, 3.8) is 0 Å². The number of hydrogen-bond acceptors (Lipinski definition) is 1. The summed E-state index contributed by atoms with van der Waals surface area (Å²) in [6, 6.07) is 13.9. The first-order valence-corrected chi connectivity index (χ1v) is 5.97. The van der Waals surface area contributed by atoms with Gasteiger partial charge in [-0.25, -0.2) is 4.39 Å². The second-order valence-electron chi connectivity index (χ2n) is 4.86. The molecule has 17 heavy (non-hydrogen) atoms. The van der Waals surface area contributed by atoms with Crippen LogP contribution in [0.25, 0.3) is 0 Å². The lowest BCUT2D eigenvalue weighted by Gasteiger charge is -2.11. The fourth-order valence-electron chi connectivity index (χ4n) is 3.20. The molecule has 0 saturated carbocycles. The maximum Gasteiger partial charge on any atom is 0.123 e. The Bertz CT molecular complexity index is 606. The van der Waals surface area contributed by atoms with Crippen molar-refractivity contribution in [1.82, 2.24) is 0 Å². The normalized spacial score (nSPS) is 23.8. The van der Waals surface area contributed by atoms with Gasteiger partial charge in [-0.1, -0.05) is 24.3 Å². The van der Waals surface area contributed by atoms with Crippen LogP contribution in [0, 0.1) is 5.82 Å². The summed E-state index contributed by atoms with van der Waals surface area (Å²) in [5.41, 5.74) is 4.99. The second-order valence-corrected chi connectivity index (χ2v) is 4.86. The third-order valence-electron chi connectivity index (χ3n) is 3.96. The molecule has 0 saturated heterocycles. The molecule has 1 aliphatic heterocycles. The van der Waals surface area contributed by atoms with Gasteiger partial charge in [0.2, 0.25) is 0 Å². The molecule has 2 aliphatic rings. The number of nitrogens with one attached hydrogen (secondary N) is 1. The van der Waals surface area contributed by atoms with Gasteiger partial charge in [-0.3, -0.25) is 0 Å². The predicted molar refractivity (Wildman–Crippen MR) is 65.7 cm³/mol. The molecule has 0 fully saturated rings. The molecular formula is C15H12FN. The van der Waals surface area contributed by atoms with Gasteiger partial charge in [0.25, 0.3) is 0 Å². The first kappa shape index (κ1) is 9.23. The van der Waals surface area contributed by atoms with Crippen molar-refractivity contribution >= 4 is 5.69 Å². The smallest absolute Gasteiger partial charge is 0.123 e. The van der Waals surface area contributed by atoms with Crippen LogP contribution in [0.4, 0.5) is 10.1 Å². The third kappa shape index (κ3) is 1.18. The Morgan fingerprint density at radius 2 is 1.94 bits per heavy atom. The number of rotatable bonds is 0. The lowest BCUT2D eigenvalue weighted by Crippen LogP contribution is -2.05. The Labute approximate surface area is 99.3 Å².